The molecular weight excluding hydrogens is 407 g/mol. The number of halogens is 1. The first-order valence-electron chi connectivity index (χ1n) is 8.49. The Morgan fingerprint density at radius 1 is 1.07 bits per heavy atom. The Hall–Kier alpha value is -4.28. The van der Waals surface area contributed by atoms with E-state index in [-0.39, 0.29) is 27.5 Å². The van der Waals surface area contributed by atoms with E-state index < -0.39 is 15.8 Å². The molecule has 0 spiro atoms. The number of hydrogen-bond acceptors (Lipinski definition) is 6. The molecule has 146 valence electrons. The molecule has 0 fully saturated rings. The number of hydrogen-bond donors (Lipinski definition) is 1. The van der Waals surface area contributed by atoms with Crippen molar-refractivity contribution < 1.29 is 12.8 Å². The molecule has 0 radical (unpaired) electrons. The van der Waals surface area contributed by atoms with Crippen LogP contribution in [0.2, 0.25) is 0 Å². The molecule has 10 heteroatoms. The molecule has 2 aromatic carbocycles. The van der Waals surface area contributed by atoms with E-state index in [2.05, 4.69) is 14.8 Å². The van der Waals surface area contributed by atoms with Gasteiger partial charge in [0.25, 0.3) is 10.0 Å². The van der Waals surface area contributed by atoms with Gasteiger partial charge in [-0.25, -0.2) is 17.5 Å². The number of benzene rings is 2. The van der Waals surface area contributed by atoms with Crippen LogP contribution in [0.1, 0.15) is 11.1 Å². The minimum Gasteiger partial charge on any atom is -0.261 e. The minimum atomic E-state index is -4.12. The first-order chi connectivity index (χ1) is 14.4. The molecule has 4 rings (SSSR count). The summed E-state index contributed by atoms with van der Waals surface area (Å²) in [6.45, 7) is 0. The maximum atomic E-state index is 14.3. The summed E-state index contributed by atoms with van der Waals surface area (Å²) < 4.78 is 43.6. The molecule has 0 unspecified atom stereocenters. The van der Waals surface area contributed by atoms with E-state index in [4.69, 9.17) is 5.26 Å². The Bertz CT molecular complexity index is 1480. The van der Waals surface area contributed by atoms with Gasteiger partial charge >= 0.3 is 0 Å². The number of fused-ring (bicyclic) bond motifs is 1. The average Bonchev–Trinajstić information content (AvgIpc) is 3.14. The van der Waals surface area contributed by atoms with E-state index in [1.807, 2.05) is 12.1 Å². The maximum Gasteiger partial charge on any atom is 0.263 e. The Labute approximate surface area is 170 Å². The number of nitrogens with one attached hydrogen (secondary N) is 1. The van der Waals surface area contributed by atoms with Gasteiger partial charge in [0, 0.05) is 11.6 Å². The summed E-state index contributed by atoms with van der Waals surface area (Å²) in [6, 6.07) is 15.3. The van der Waals surface area contributed by atoms with Crippen molar-refractivity contribution in [3.05, 3.63) is 77.9 Å². The van der Waals surface area contributed by atoms with Crippen LogP contribution in [0, 0.1) is 28.5 Å². The molecule has 0 saturated heterocycles. The zero-order valence-electron chi connectivity index (χ0n) is 15.1. The van der Waals surface area contributed by atoms with Crippen LogP contribution in [0.25, 0.3) is 16.6 Å². The topological polar surface area (TPSA) is 124 Å². The third-order valence-corrected chi connectivity index (χ3v) is 5.68. The van der Waals surface area contributed by atoms with Crippen molar-refractivity contribution in [1.82, 2.24) is 14.8 Å². The quantitative estimate of drug-likeness (QED) is 0.543. The fourth-order valence-corrected chi connectivity index (χ4v) is 4.14. The fraction of sp³-hybridized carbons (Fsp3) is 0. The fourth-order valence-electron chi connectivity index (χ4n) is 2.91. The average molecular weight is 418 g/mol. The molecule has 2 heterocycles. The normalized spacial score (nSPS) is 11.0. The van der Waals surface area contributed by atoms with Gasteiger partial charge in [-0.2, -0.15) is 10.5 Å². The van der Waals surface area contributed by atoms with Gasteiger partial charge in [0.15, 0.2) is 5.82 Å². The molecule has 2 aromatic heterocycles. The Morgan fingerprint density at radius 3 is 2.63 bits per heavy atom. The van der Waals surface area contributed by atoms with Crippen molar-refractivity contribution in [2.75, 3.05) is 4.72 Å². The summed E-state index contributed by atoms with van der Waals surface area (Å²) in [7, 11) is -4.12. The Balaban J connectivity index is 1.77. The second-order valence-electron chi connectivity index (χ2n) is 6.16. The lowest BCUT2D eigenvalue weighted by molar-refractivity contribution is 0.601. The SMILES string of the molecule is N#Cc1ccc(-n2cc(C#N)c(NS(=O)(=O)c3cccc4ncccc34)n2)c(F)c1. The van der Waals surface area contributed by atoms with Crippen molar-refractivity contribution in [2.45, 2.75) is 4.90 Å². The standard InChI is InChI=1S/C20H11FN6O2S/c21-16-9-13(10-22)6-7-18(16)27-12-14(11-23)20(25-27)26-30(28,29)19-5-1-4-17-15(19)3-2-8-24-17/h1-9,12H,(H,25,26). The highest BCUT2D eigenvalue weighted by Gasteiger charge is 2.22. The van der Waals surface area contributed by atoms with Crippen molar-refractivity contribution in [1.29, 1.82) is 10.5 Å². The number of nitrogens with zero attached hydrogens (tertiary/aromatic N) is 5. The predicted molar refractivity (Wildman–Crippen MR) is 106 cm³/mol. The van der Waals surface area contributed by atoms with Crippen LogP contribution >= 0.6 is 0 Å². The highest BCUT2D eigenvalue weighted by atomic mass is 32.2. The third kappa shape index (κ3) is 3.32. The summed E-state index contributed by atoms with van der Waals surface area (Å²) in [5.74, 6) is -0.988. The van der Waals surface area contributed by atoms with E-state index in [1.54, 1.807) is 30.5 Å². The molecule has 30 heavy (non-hydrogen) atoms. The Morgan fingerprint density at radius 2 is 1.90 bits per heavy atom. The first-order valence-corrected chi connectivity index (χ1v) is 9.97. The second kappa shape index (κ2) is 7.28. The van der Waals surface area contributed by atoms with Gasteiger partial charge in [-0.05, 0) is 42.5 Å². The van der Waals surface area contributed by atoms with E-state index in [0.717, 1.165) is 10.7 Å². The molecule has 4 aromatic rings. The van der Waals surface area contributed by atoms with Gasteiger partial charge in [0.2, 0.25) is 0 Å². The summed E-state index contributed by atoms with van der Waals surface area (Å²) in [6.07, 6.45) is 2.75. The monoisotopic (exact) mass is 418 g/mol. The highest BCUT2D eigenvalue weighted by molar-refractivity contribution is 7.93. The van der Waals surface area contributed by atoms with E-state index in [1.165, 1.54) is 24.4 Å². The summed E-state index contributed by atoms with van der Waals surface area (Å²) in [4.78, 5) is 4.10. The largest absolute Gasteiger partial charge is 0.263 e. The molecule has 0 atom stereocenters. The van der Waals surface area contributed by atoms with E-state index in [9.17, 15) is 18.1 Å². The van der Waals surface area contributed by atoms with Crippen molar-refractivity contribution in [2.24, 2.45) is 0 Å². The van der Waals surface area contributed by atoms with E-state index in [0.29, 0.717) is 10.9 Å². The van der Waals surface area contributed by atoms with Crippen LogP contribution in [-0.4, -0.2) is 23.2 Å². The number of nitriles is 2. The summed E-state index contributed by atoms with van der Waals surface area (Å²) in [5, 5.41) is 22.7. The first kappa shape index (κ1) is 19.1. The third-order valence-electron chi connectivity index (χ3n) is 4.28. The number of anilines is 1. The Kier molecular flexibility index (Phi) is 4.62. The predicted octanol–water partition coefficient (Wildman–Crippen LogP) is 3.10. The smallest absolute Gasteiger partial charge is 0.261 e. The number of rotatable bonds is 4. The number of sulfonamides is 1. The van der Waals surface area contributed by atoms with Crippen molar-refractivity contribution in [3.63, 3.8) is 0 Å². The lowest BCUT2D eigenvalue weighted by Gasteiger charge is -2.09. The van der Waals surface area contributed by atoms with Gasteiger partial charge in [-0.1, -0.05) is 6.07 Å². The van der Waals surface area contributed by atoms with Crippen molar-refractivity contribution in [3.8, 4) is 17.8 Å². The molecule has 8 nitrogen and oxygen atoms in total. The maximum absolute atomic E-state index is 14.3. The van der Waals surface area contributed by atoms with Crippen LogP contribution < -0.4 is 4.72 Å². The lowest BCUT2D eigenvalue weighted by Crippen LogP contribution is -2.15. The molecule has 0 aliphatic heterocycles. The zero-order valence-corrected chi connectivity index (χ0v) is 15.9. The van der Waals surface area contributed by atoms with Crippen LogP contribution in [0.15, 0.2) is 65.8 Å². The summed E-state index contributed by atoms with van der Waals surface area (Å²) in [5.41, 5.74) is 0.478. The molecule has 1 N–H and O–H groups in total. The molecule has 0 amide bonds. The summed E-state index contributed by atoms with van der Waals surface area (Å²) >= 11 is 0. The van der Waals surface area contributed by atoms with Gasteiger partial charge < -0.3 is 0 Å². The van der Waals surface area contributed by atoms with Crippen LogP contribution in [-0.2, 0) is 10.0 Å². The zero-order chi connectivity index (χ0) is 21.3. The molecule has 0 aliphatic carbocycles. The lowest BCUT2D eigenvalue weighted by atomic mass is 10.2. The highest BCUT2D eigenvalue weighted by Crippen LogP contribution is 2.25. The molecule has 0 aliphatic rings. The second-order valence-corrected chi connectivity index (χ2v) is 7.81. The van der Waals surface area contributed by atoms with E-state index >= 15 is 0 Å². The molecule has 0 saturated carbocycles. The molecular formula is C20H11FN6O2S. The minimum absolute atomic E-state index is 0.0314. The van der Waals surface area contributed by atoms with Gasteiger partial charge in [0.05, 0.1) is 28.2 Å². The number of aromatic nitrogens is 3. The van der Waals surface area contributed by atoms with Crippen LogP contribution in [0.4, 0.5) is 10.2 Å². The van der Waals surface area contributed by atoms with Crippen LogP contribution in [0.3, 0.4) is 0 Å². The van der Waals surface area contributed by atoms with Gasteiger partial charge in [-0.3, -0.25) is 9.71 Å². The van der Waals surface area contributed by atoms with Crippen LogP contribution in [0.5, 0.6) is 0 Å². The van der Waals surface area contributed by atoms with Gasteiger partial charge in [0.1, 0.15) is 23.1 Å². The number of pyridine rings is 1. The van der Waals surface area contributed by atoms with Crippen molar-refractivity contribution >= 4 is 26.7 Å². The molecule has 0 bridgehead atoms. The van der Waals surface area contributed by atoms with Gasteiger partial charge in [-0.15, -0.1) is 5.10 Å².